The summed E-state index contributed by atoms with van der Waals surface area (Å²) in [5.74, 6) is 0.887. The molecule has 0 heterocycles. The van der Waals surface area contributed by atoms with E-state index < -0.39 is 0 Å². The number of hydrogen-bond donors (Lipinski definition) is 1. The van der Waals surface area contributed by atoms with Crippen molar-refractivity contribution < 1.29 is 9.13 Å². The molecule has 0 amide bonds. The Morgan fingerprint density at radius 2 is 2.12 bits per heavy atom. The van der Waals surface area contributed by atoms with Gasteiger partial charge >= 0.3 is 0 Å². The van der Waals surface area contributed by atoms with Crippen molar-refractivity contribution in [3.05, 3.63) is 29.6 Å². The highest BCUT2D eigenvalue weighted by Gasteiger charge is 2.50. The average Bonchev–Trinajstić information content (AvgIpc) is 2.91. The number of nitrogens with one attached hydrogen (secondary N) is 1. The van der Waals surface area contributed by atoms with Crippen LogP contribution in [0.15, 0.2) is 18.2 Å². The van der Waals surface area contributed by atoms with Crippen LogP contribution >= 0.6 is 0 Å². The lowest BCUT2D eigenvalue weighted by molar-refractivity contribution is 0.403. The number of hydrogen-bond acceptors (Lipinski definition) is 2. The van der Waals surface area contributed by atoms with Gasteiger partial charge in [0.05, 0.1) is 7.11 Å². The summed E-state index contributed by atoms with van der Waals surface area (Å²) in [5, 5.41) is 3.23. The summed E-state index contributed by atoms with van der Waals surface area (Å²) in [6.07, 6.45) is 1.14. The molecule has 17 heavy (non-hydrogen) atoms. The normalized spacial score (nSPS) is 23.2. The van der Waals surface area contributed by atoms with Crippen LogP contribution in [0.4, 0.5) is 4.39 Å². The van der Waals surface area contributed by atoms with Gasteiger partial charge in [-0.15, -0.1) is 0 Å². The molecule has 94 valence electrons. The third-order valence-electron chi connectivity index (χ3n) is 3.85. The van der Waals surface area contributed by atoms with E-state index in [1.54, 1.807) is 7.11 Å². The molecule has 1 N–H and O–H groups in total. The molecule has 2 atom stereocenters. The highest BCUT2D eigenvalue weighted by Crippen LogP contribution is 2.57. The van der Waals surface area contributed by atoms with Crippen LogP contribution < -0.4 is 10.1 Å². The standard InChI is InChI=1S/C14H20FNO/c1-14(2)8-11(14)13(16-3)10-6-5-9(17-4)7-12(10)15/h5-7,11,13,16H,8H2,1-4H3. The largest absolute Gasteiger partial charge is 0.497 e. The predicted molar refractivity (Wildman–Crippen MR) is 66.6 cm³/mol. The first-order chi connectivity index (χ1) is 7.99. The molecule has 0 saturated heterocycles. The quantitative estimate of drug-likeness (QED) is 0.868. The second-order valence-electron chi connectivity index (χ2n) is 5.45. The Morgan fingerprint density at radius 1 is 1.47 bits per heavy atom. The molecule has 1 saturated carbocycles. The first kappa shape index (κ1) is 12.4. The van der Waals surface area contributed by atoms with E-state index in [0.717, 1.165) is 12.0 Å². The second kappa shape index (κ2) is 4.30. The number of methoxy groups -OCH3 is 1. The van der Waals surface area contributed by atoms with Crippen molar-refractivity contribution in [2.24, 2.45) is 11.3 Å². The van der Waals surface area contributed by atoms with Crippen molar-refractivity contribution in [2.75, 3.05) is 14.2 Å². The van der Waals surface area contributed by atoms with Gasteiger partial charge in [-0.2, -0.15) is 0 Å². The molecule has 2 nitrogen and oxygen atoms in total. The Balaban J connectivity index is 2.26. The summed E-state index contributed by atoms with van der Waals surface area (Å²) in [7, 11) is 3.44. The van der Waals surface area contributed by atoms with E-state index in [9.17, 15) is 4.39 Å². The maximum absolute atomic E-state index is 14.0. The lowest BCUT2D eigenvalue weighted by Crippen LogP contribution is -2.21. The van der Waals surface area contributed by atoms with Crippen molar-refractivity contribution in [2.45, 2.75) is 26.3 Å². The number of halogens is 1. The van der Waals surface area contributed by atoms with E-state index in [1.807, 2.05) is 19.2 Å². The van der Waals surface area contributed by atoms with E-state index in [-0.39, 0.29) is 11.9 Å². The molecule has 0 bridgehead atoms. The first-order valence-electron chi connectivity index (χ1n) is 6.00. The maximum atomic E-state index is 14.0. The van der Waals surface area contributed by atoms with Crippen molar-refractivity contribution in [1.82, 2.24) is 5.32 Å². The Labute approximate surface area is 102 Å². The van der Waals surface area contributed by atoms with Crippen LogP contribution in [0, 0.1) is 17.2 Å². The maximum Gasteiger partial charge on any atom is 0.131 e. The minimum Gasteiger partial charge on any atom is -0.497 e. The van der Waals surface area contributed by atoms with Gasteiger partial charge in [0.25, 0.3) is 0 Å². The average molecular weight is 237 g/mol. The molecule has 1 aromatic rings. The Bertz CT molecular complexity index is 417. The van der Waals surface area contributed by atoms with E-state index in [2.05, 4.69) is 19.2 Å². The molecule has 1 aliphatic rings. The van der Waals surface area contributed by atoms with E-state index in [1.165, 1.54) is 6.07 Å². The summed E-state index contributed by atoms with van der Waals surface area (Å²) in [5.41, 5.74) is 1.06. The smallest absolute Gasteiger partial charge is 0.131 e. The van der Waals surface area contributed by atoms with E-state index in [0.29, 0.717) is 17.1 Å². The molecule has 0 spiro atoms. The van der Waals surface area contributed by atoms with Crippen molar-refractivity contribution >= 4 is 0 Å². The summed E-state index contributed by atoms with van der Waals surface area (Å²) >= 11 is 0. The summed E-state index contributed by atoms with van der Waals surface area (Å²) < 4.78 is 19.0. The molecule has 1 aromatic carbocycles. The molecular weight excluding hydrogens is 217 g/mol. The summed E-state index contributed by atoms with van der Waals surface area (Å²) in [6, 6.07) is 5.19. The van der Waals surface area contributed by atoms with Crippen LogP contribution in [0.5, 0.6) is 5.75 Å². The topological polar surface area (TPSA) is 21.3 Å². The third kappa shape index (κ3) is 2.29. The van der Waals surface area contributed by atoms with Gasteiger partial charge in [0.2, 0.25) is 0 Å². The Morgan fingerprint density at radius 3 is 2.53 bits per heavy atom. The lowest BCUT2D eigenvalue weighted by atomic mass is 9.96. The summed E-state index contributed by atoms with van der Waals surface area (Å²) in [6.45, 7) is 4.45. The van der Waals surface area contributed by atoms with Gasteiger partial charge in [-0.25, -0.2) is 4.39 Å². The molecular formula is C14H20FNO. The van der Waals surface area contributed by atoms with Crippen molar-refractivity contribution in [3.63, 3.8) is 0 Å². The van der Waals surface area contributed by atoms with Crippen LogP contribution in [-0.4, -0.2) is 14.2 Å². The lowest BCUT2D eigenvalue weighted by Gasteiger charge is -2.19. The van der Waals surface area contributed by atoms with Gasteiger partial charge in [-0.1, -0.05) is 19.9 Å². The number of benzene rings is 1. The molecule has 0 aromatic heterocycles. The van der Waals surface area contributed by atoms with Gasteiger partial charge in [0, 0.05) is 17.7 Å². The summed E-state index contributed by atoms with van der Waals surface area (Å²) in [4.78, 5) is 0. The molecule has 2 unspecified atom stereocenters. The Hall–Kier alpha value is -1.09. The first-order valence-corrected chi connectivity index (χ1v) is 6.00. The second-order valence-corrected chi connectivity index (χ2v) is 5.45. The van der Waals surface area contributed by atoms with Gasteiger partial charge in [0.1, 0.15) is 11.6 Å². The van der Waals surface area contributed by atoms with Crippen molar-refractivity contribution in [3.8, 4) is 5.75 Å². The highest BCUT2D eigenvalue weighted by molar-refractivity contribution is 5.32. The van der Waals surface area contributed by atoms with Gasteiger partial charge in [-0.3, -0.25) is 0 Å². The zero-order valence-electron chi connectivity index (χ0n) is 10.9. The minimum atomic E-state index is -0.189. The number of ether oxygens (including phenoxy) is 1. The van der Waals surface area contributed by atoms with Crippen molar-refractivity contribution in [1.29, 1.82) is 0 Å². The predicted octanol–water partition coefficient (Wildman–Crippen LogP) is 3.14. The fourth-order valence-corrected chi connectivity index (χ4v) is 2.54. The van der Waals surface area contributed by atoms with Crippen LogP contribution in [0.1, 0.15) is 31.9 Å². The third-order valence-corrected chi connectivity index (χ3v) is 3.85. The molecule has 0 aliphatic heterocycles. The van der Waals surface area contributed by atoms with E-state index >= 15 is 0 Å². The highest BCUT2D eigenvalue weighted by atomic mass is 19.1. The van der Waals surface area contributed by atoms with E-state index in [4.69, 9.17) is 4.74 Å². The van der Waals surface area contributed by atoms with Gasteiger partial charge in [-0.05, 0) is 30.9 Å². The minimum absolute atomic E-state index is 0.0934. The fourth-order valence-electron chi connectivity index (χ4n) is 2.54. The van der Waals surface area contributed by atoms with Crippen LogP contribution in [0.2, 0.25) is 0 Å². The Kier molecular flexibility index (Phi) is 3.13. The zero-order valence-corrected chi connectivity index (χ0v) is 10.9. The SMILES string of the molecule is CNC(c1ccc(OC)cc1F)C1CC1(C)C. The molecule has 3 heteroatoms. The molecule has 1 aliphatic carbocycles. The zero-order chi connectivity index (χ0) is 12.6. The number of rotatable bonds is 4. The monoisotopic (exact) mass is 237 g/mol. The molecule has 0 radical (unpaired) electrons. The van der Waals surface area contributed by atoms with Crippen LogP contribution in [0.3, 0.4) is 0 Å². The molecule has 2 rings (SSSR count). The van der Waals surface area contributed by atoms with Crippen LogP contribution in [-0.2, 0) is 0 Å². The van der Waals surface area contributed by atoms with Gasteiger partial charge in [0.15, 0.2) is 0 Å². The van der Waals surface area contributed by atoms with Gasteiger partial charge < -0.3 is 10.1 Å². The molecule has 1 fully saturated rings. The fraction of sp³-hybridized carbons (Fsp3) is 0.571. The van der Waals surface area contributed by atoms with Crippen LogP contribution in [0.25, 0.3) is 0 Å².